The van der Waals surface area contributed by atoms with E-state index >= 15 is 0 Å². The second kappa shape index (κ2) is 6.33. The predicted octanol–water partition coefficient (Wildman–Crippen LogP) is 1.58. The van der Waals surface area contributed by atoms with Crippen LogP contribution in [0.15, 0.2) is 36.5 Å². The highest BCUT2D eigenvalue weighted by Crippen LogP contribution is 2.22. The lowest BCUT2D eigenvalue weighted by atomic mass is 10.2. The van der Waals surface area contributed by atoms with Crippen molar-refractivity contribution in [1.82, 2.24) is 10.3 Å². The summed E-state index contributed by atoms with van der Waals surface area (Å²) < 4.78 is 5.63. The van der Waals surface area contributed by atoms with Gasteiger partial charge in [0.1, 0.15) is 24.0 Å². The van der Waals surface area contributed by atoms with E-state index in [1.165, 1.54) is 0 Å². The van der Waals surface area contributed by atoms with E-state index in [0.717, 1.165) is 17.4 Å². The molecule has 18 heavy (non-hydrogen) atoms. The van der Waals surface area contributed by atoms with E-state index in [-0.39, 0.29) is 6.61 Å². The van der Waals surface area contributed by atoms with E-state index in [1.807, 2.05) is 37.3 Å². The standard InChI is InChI=1S/C14H18N2O2/c1-2-15-9-12(17)10-18-13-7-3-5-11-6-4-8-16-14(11)13/h3-8,12,15,17H,2,9-10H2,1H3. The van der Waals surface area contributed by atoms with Crippen LogP contribution in [-0.2, 0) is 0 Å². The Kier molecular flexibility index (Phi) is 4.50. The minimum absolute atomic E-state index is 0.267. The lowest BCUT2D eigenvalue weighted by Crippen LogP contribution is -2.31. The Morgan fingerprint density at radius 2 is 2.17 bits per heavy atom. The normalized spacial score (nSPS) is 12.6. The first kappa shape index (κ1) is 12.8. The maximum Gasteiger partial charge on any atom is 0.145 e. The molecule has 0 aliphatic heterocycles. The zero-order valence-electron chi connectivity index (χ0n) is 10.5. The Morgan fingerprint density at radius 1 is 1.33 bits per heavy atom. The van der Waals surface area contributed by atoms with Crippen LogP contribution in [0, 0.1) is 0 Å². The van der Waals surface area contributed by atoms with Crippen molar-refractivity contribution in [3.05, 3.63) is 36.5 Å². The van der Waals surface area contributed by atoms with Gasteiger partial charge in [-0.2, -0.15) is 0 Å². The van der Waals surface area contributed by atoms with Crippen LogP contribution in [0.4, 0.5) is 0 Å². The first-order valence-electron chi connectivity index (χ1n) is 6.16. The van der Waals surface area contributed by atoms with Gasteiger partial charge in [-0.1, -0.05) is 25.1 Å². The zero-order chi connectivity index (χ0) is 12.8. The van der Waals surface area contributed by atoms with Gasteiger partial charge in [-0.05, 0) is 18.7 Å². The van der Waals surface area contributed by atoms with Crippen molar-refractivity contribution in [1.29, 1.82) is 0 Å². The van der Waals surface area contributed by atoms with Gasteiger partial charge in [-0.25, -0.2) is 0 Å². The number of hydrogen-bond acceptors (Lipinski definition) is 4. The van der Waals surface area contributed by atoms with Crippen LogP contribution in [0.3, 0.4) is 0 Å². The Morgan fingerprint density at radius 3 is 3.00 bits per heavy atom. The smallest absolute Gasteiger partial charge is 0.145 e. The fourth-order valence-corrected chi connectivity index (χ4v) is 1.75. The van der Waals surface area contributed by atoms with Crippen molar-refractivity contribution in [3.8, 4) is 5.75 Å². The highest BCUT2D eigenvalue weighted by Gasteiger charge is 2.07. The second-order valence-electron chi connectivity index (χ2n) is 4.10. The van der Waals surface area contributed by atoms with Crippen molar-refractivity contribution >= 4 is 10.9 Å². The summed E-state index contributed by atoms with van der Waals surface area (Å²) in [4.78, 5) is 4.30. The molecule has 0 aliphatic carbocycles. The predicted molar refractivity (Wildman–Crippen MR) is 71.8 cm³/mol. The number of benzene rings is 1. The Bertz CT molecular complexity index is 497. The summed E-state index contributed by atoms with van der Waals surface area (Å²) in [6, 6.07) is 9.67. The molecule has 0 saturated heterocycles. The van der Waals surface area contributed by atoms with Crippen LogP contribution in [0.5, 0.6) is 5.75 Å². The largest absolute Gasteiger partial charge is 0.489 e. The summed E-state index contributed by atoms with van der Waals surface area (Å²) in [5.41, 5.74) is 0.829. The maximum absolute atomic E-state index is 9.71. The second-order valence-corrected chi connectivity index (χ2v) is 4.10. The van der Waals surface area contributed by atoms with Gasteiger partial charge >= 0.3 is 0 Å². The quantitative estimate of drug-likeness (QED) is 0.812. The SMILES string of the molecule is CCNCC(O)COc1cccc2cccnc12. The lowest BCUT2D eigenvalue weighted by molar-refractivity contribution is 0.107. The Hall–Kier alpha value is -1.65. The molecule has 1 unspecified atom stereocenters. The zero-order valence-corrected chi connectivity index (χ0v) is 10.5. The molecule has 0 aliphatic rings. The number of aliphatic hydroxyl groups excluding tert-OH is 1. The van der Waals surface area contributed by atoms with Crippen LogP contribution >= 0.6 is 0 Å². The Balaban J connectivity index is 2.03. The molecule has 2 aromatic rings. The molecule has 0 fully saturated rings. The van der Waals surface area contributed by atoms with Crippen LogP contribution in [-0.4, -0.2) is 35.9 Å². The maximum atomic E-state index is 9.71. The van der Waals surface area contributed by atoms with Crippen molar-refractivity contribution in [3.63, 3.8) is 0 Å². The van der Waals surface area contributed by atoms with Gasteiger partial charge < -0.3 is 15.2 Å². The van der Waals surface area contributed by atoms with Crippen molar-refractivity contribution < 1.29 is 9.84 Å². The number of hydrogen-bond donors (Lipinski definition) is 2. The first-order chi connectivity index (χ1) is 8.81. The highest BCUT2D eigenvalue weighted by molar-refractivity contribution is 5.84. The molecule has 0 amide bonds. The van der Waals surface area contributed by atoms with E-state index in [1.54, 1.807) is 6.20 Å². The summed E-state index contributed by atoms with van der Waals surface area (Å²) >= 11 is 0. The Labute approximate surface area is 107 Å². The van der Waals surface area contributed by atoms with E-state index in [0.29, 0.717) is 12.3 Å². The number of nitrogens with one attached hydrogen (secondary N) is 1. The first-order valence-corrected chi connectivity index (χ1v) is 6.16. The minimum Gasteiger partial charge on any atom is -0.489 e. The summed E-state index contributed by atoms with van der Waals surface area (Å²) in [6.45, 7) is 3.65. The van der Waals surface area contributed by atoms with Crippen LogP contribution in [0.25, 0.3) is 10.9 Å². The third kappa shape index (κ3) is 3.18. The van der Waals surface area contributed by atoms with Gasteiger partial charge in [0.15, 0.2) is 0 Å². The number of aliphatic hydroxyl groups is 1. The molecule has 1 aromatic carbocycles. The summed E-state index contributed by atoms with van der Waals surface area (Å²) in [7, 11) is 0. The molecule has 0 bridgehead atoms. The third-order valence-corrected chi connectivity index (χ3v) is 2.66. The minimum atomic E-state index is -0.510. The molecule has 1 heterocycles. The number of pyridine rings is 1. The van der Waals surface area contributed by atoms with Crippen molar-refractivity contribution in [2.75, 3.05) is 19.7 Å². The molecule has 0 radical (unpaired) electrons. The van der Waals surface area contributed by atoms with Gasteiger partial charge in [0.05, 0.1) is 0 Å². The average Bonchev–Trinajstić information content (AvgIpc) is 2.42. The van der Waals surface area contributed by atoms with Gasteiger partial charge in [0.25, 0.3) is 0 Å². The lowest BCUT2D eigenvalue weighted by Gasteiger charge is -2.13. The molecular weight excluding hydrogens is 228 g/mol. The van der Waals surface area contributed by atoms with E-state index < -0.39 is 6.10 Å². The van der Waals surface area contributed by atoms with E-state index in [9.17, 15) is 5.11 Å². The van der Waals surface area contributed by atoms with Crippen LogP contribution in [0.1, 0.15) is 6.92 Å². The summed E-state index contributed by atoms with van der Waals surface area (Å²) in [6.07, 6.45) is 1.23. The number of para-hydroxylation sites is 1. The fourth-order valence-electron chi connectivity index (χ4n) is 1.75. The molecule has 2 N–H and O–H groups in total. The van der Waals surface area contributed by atoms with E-state index in [4.69, 9.17) is 4.74 Å². The summed E-state index contributed by atoms with van der Waals surface area (Å²) in [5, 5.41) is 13.8. The van der Waals surface area contributed by atoms with Gasteiger partial charge in [0.2, 0.25) is 0 Å². The van der Waals surface area contributed by atoms with Crippen molar-refractivity contribution in [2.45, 2.75) is 13.0 Å². The number of likely N-dealkylation sites (N-methyl/N-ethyl adjacent to an activating group) is 1. The van der Waals surface area contributed by atoms with Crippen LogP contribution < -0.4 is 10.1 Å². The molecule has 1 aromatic heterocycles. The van der Waals surface area contributed by atoms with Gasteiger partial charge in [-0.15, -0.1) is 0 Å². The third-order valence-electron chi connectivity index (χ3n) is 2.66. The molecule has 1 atom stereocenters. The number of ether oxygens (including phenoxy) is 1. The van der Waals surface area contributed by atoms with E-state index in [2.05, 4.69) is 10.3 Å². The summed E-state index contributed by atoms with van der Waals surface area (Å²) in [5.74, 6) is 0.712. The number of aromatic nitrogens is 1. The van der Waals surface area contributed by atoms with Crippen molar-refractivity contribution in [2.24, 2.45) is 0 Å². The number of nitrogens with zero attached hydrogens (tertiary/aromatic N) is 1. The average molecular weight is 246 g/mol. The number of fused-ring (bicyclic) bond motifs is 1. The van der Waals surface area contributed by atoms with Gasteiger partial charge in [0, 0.05) is 18.1 Å². The molecule has 4 heteroatoms. The van der Waals surface area contributed by atoms with Gasteiger partial charge in [-0.3, -0.25) is 4.98 Å². The topological polar surface area (TPSA) is 54.4 Å². The molecule has 2 rings (SSSR count). The fraction of sp³-hybridized carbons (Fsp3) is 0.357. The number of rotatable bonds is 6. The molecule has 96 valence electrons. The monoisotopic (exact) mass is 246 g/mol. The molecular formula is C14H18N2O2. The molecule has 0 saturated carbocycles. The highest BCUT2D eigenvalue weighted by atomic mass is 16.5. The van der Waals surface area contributed by atoms with Crippen LogP contribution in [0.2, 0.25) is 0 Å². The molecule has 4 nitrogen and oxygen atoms in total. The molecule has 0 spiro atoms.